The van der Waals surface area contributed by atoms with Gasteiger partial charge in [0, 0.05) is 24.7 Å². The lowest BCUT2D eigenvalue weighted by Crippen LogP contribution is -2.04. The number of ketones is 1. The first-order chi connectivity index (χ1) is 8.77. The predicted octanol–water partition coefficient (Wildman–Crippen LogP) is 3.58. The third kappa shape index (κ3) is 3.27. The number of hydrogen-bond donors (Lipinski definition) is 0. The lowest BCUT2D eigenvalue weighted by molar-refractivity contribution is -0.117. The van der Waals surface area contributed by atoms with Crippen LogP contribution >= 0.6 is 0 Å². The zero-order valence-corrected chi connectivity index (χ0v) is 10.5. The van der Waals surface area contributed by atoms with Gasteiger partial charge in [0.25, 0.3) is 0 Å². The highest BCUT2D eigenvalue weighted by molar-refractivity contribution is 5.75. The first kappa shape index (κ1) is 12.5. The molecule has 2 aromatic rings. The average Bonchev–Trinajstić information content (AvgIpc) is 2.41. The number of Topliss-reactive ketones (excluding diaryl/α,β-unsaturated/α-hetero) is 1. The fraction of sp³-hybridized carbons (Fsp3) is 0.250. The monoisotopic (exact) mass is 239 g/mol. The van der Waals surface area contributed by atoms with Crippen LogP contribution in [-0.2, 0) is 4.79 Å². The van der Waals surface area contributed by atoms with E-state index in [2.05, 4.69) is 23.2 Å². The Labute approximate surface area is 108 Å². The minimum Gasteiger partial charge on any atom is -0.300 e. The maximum absolute atomic E-state index is 11.2. The predicted molar refractivity (Wildman–Crippen MR) is 72.4 cm³/mol. The number of hydrogen-bond acceptors (Lipinski definition) is 2. The van der Waals surface area contributed by atoms with Gasteiger partial charge in [-0.3, -0.25) is 4.98 Å². The molecule has 2 heteroatoms. The number of benzene rings is 1. The average molecular weight is 239 g/mol. The molecule has 2 rings (SSSR count). The molecule has 1 aromatic heterocycles. The summed E-state index contributed by atoms with van der Waals surface area (Å²) >= 11 is 0. The van der Waals surface area contributed by atoms with Crippen LogP contribution in [0.2, 0.25) is 0 Å². The van der Waals surface area contributed by atoms with E-state index in [1.807, 2.05) is 30.5 Å². The molecule has 0 amide bonds. The van der Waals surface area contributed by atoms with Crippen molar-refractivity contribution in [1.82, 2.24) is 4.98 Å². The van der Waals surface area contributed by atoms with Gasteiger partial charge in [-0.05, 0) is 30.5 Å². The van der Waals surface area contributed by atoms with E-state index in [0.29, 0.717) is 6.42 Å². The first-order valence-corrected chi connectivity index (χ1v) is 6.21. The molecular weight excluding hydrogens is 222 g/mol. The van der Waals surface area contributed by atoms with Crippen molar-refractivity contribution in [3.8, 4) is 0 Å². The molecular formula is C16H17NO. The Morgan fingerprint density at radius 1 is 1.11 bits per heavy atom. The third-order valence-corrected chi connectivity index (χ3v) is 3.07. The lowest BCUT2D eigenvalue weighted by Gasteiger charge is -2.16. The van der Waals surface area contributed by atoms with Crippen molar-refractivity contribution in [3.05, 3.63) is 66.0 Å². The maximum Gasteiger partial charge on any atom is 0.129 e. The van der Waals surface area contributed by atoms with E-state index >= 15 is 0 Å². The Hall–Kier alpha value is -1.96. The summed E-state index contributed by atoms with van der Waals surface area (Å²) in [7, 11) is 0. The van der Waals surface area contributed by atoms with Crippen LogP contribution in [0.4, 0.5) is 0 Å². The Balaban J connectivity index is 2.26. The van der Waals surface area contributed by atoms with Crippen molar-refractivity contribution in [1.29, 1.82) is 0 Å². The van der Waals surface area contributed by atoms with E-state index < -0.39 is 0 Å². The maximum atomic E-state index is 11.2. The molecule has 92 valence electrons. The minimum absolute atomic E-state index is 0.236. The standard InChI is InChI=1S/C16H17NO/c1-13(18)9-10-16(14-6-3-2-4-7-14)15-8-5-11-17-12-15/h2-8,11-12,16H,9-10H2,1H3. The number of pyridine rings is 1. The normalized spacial score (nSPS) is 12.1. The SMILES string of the molecule is CC(=O)CCC(c1ccccc1)c1cccnc1. The molecule has 0 fully saturated rings. The molecule has 0 aliphatic rings. The van der Waals surface area contributed by atoms with Gasteiger partial charge in [-0.1, -0.05) is 36.4 Å². The van der Waals surface area contributed by atoms with Crippen LogP contribution in [-0.4, -0.2) is 10.8 Å². The van der Waals surface area contributed by atoms with Crippen LogP contribution < -0.4 is 0 Å². The molecule has 0 bridgehead atoms. The van der Waals surface area contributed by atoms with E-state index in [1.54, 1.807) is 13.1 Å². The quantitative estimate of drug-likeness (QED) is 0.798. The van der Waals surface area contributed by atoms with Crippen molar-refractivity contribution < 1.29 is 4.79 Å². The number of rotatable bonds is 5. The molecule has 1 atom stereocenters. The number of nitrogens with zero attached hydrogens (tertiary/aromatic N) is 1. The summed E-state index contributed by atoms with van der Waals surface area (Å²) in [4.78, 5) is 15.4. The highest BCUT2D eigenvalue weighted by Crippen LogP contribution is 2.28. The van der Waals surface area contributed by atoms with Crippen molar-refractivity contribution in [2.45, 2.75) is 25.7 Å². The van der Waals surface area contributed by atoms with Crippen LogP contribution in [0.3, 0.4) is 0 Å². The largest absolute Gasteiger partial charge is 0.300 e. The van der Waals surface area contributed by atoms with Crippen LogP contribution in [0.25, 0.3) is 0 Å². The molecule has 0 aliphatic heterocycles. The molecule has 0 saturated carbocycles. The molecule has 0 saturated heterocycles. The number of carbonyl (C=O) groups is 1. The van der Waals surface area contributed by atoms with Crippen LogP contribution in [0, 0.1) is 0 Å². The van der Waals surface area contributed by atoms with Gasteiger partial charge in [-0.25, -0.2) is 0 Å². The molecule has 0 radical (unpaired) electrons. The molecule has 0 spiro atoms. The van der Waals surface area contributed by atoms with Gasteiger partial charge in [-0.15, -0.1) is 0 Å². The van der Waals surface area contributed by atoms with E-state index in [1.165, 1.54) is 11.1 Å². The highest BCUT2D eigenvalue weighted by atomic mass is 16.1. The minimum atomic E-state index is 0.236. The number of carbonyl (C=O) groups excluding carboxylic acids is 1. The summed E-state index contributed by atoms with van der Waals surface area (Å²) in [5.41, 5.74) is 2.41. The van der Waals surface area contributed by atoms with Gasteiger partial charge in [0.1, 0.15) is 5.78 Å². The highest BCUT2D eigenvalue weighted by Gasteiger charge is 2.14. The number of aromatic nitrogens is 1. The van der Waals surface area contributed by atoms with Crippen molar-refractivity contribution in [2.24, 2.45) is 0 Å². The van der Waals surface area contributed by atoms with Crippen LogP contribution in [0.15, 0.2) is 54.9 Å². The van der Waals surface area contributed by atoms with Gasteiger partial charge < -0.3 is 4.79 Å². The summed E-state index contributed by atoms with van der Waals surface area (Å²) in [6.45, 7) is 1.64. The van der Waals surface area contributed by atoms with E-state index in [0.717, 1.165) is 6.42 Å². The molecule has 2 nitrogen and oxygen atoms in total. The Morgan fingerprint density at radius 2 is 1.83 bits per heavy atom. The third-order valence-electron chi connectivity index (χ3n) is 3.07. The summed E-state index contributed by atoms with van der Waals surface area (Å²) in [5, 5.41) is 0. The van der Waals surface area contributed by atoms with Crippen molar-refractivity contribution in [3.63, 3.8) is 0 Å². The zero-order chi connectivity index (χ0) is 12.8. The summed E-state index contributed by atoms with van der Waals surface area (Å²) < 4.78 is 0. The van der Waals surface area contributed by atoms with Gasteiger partial charge in [0.05, 0.1) is 0 Å². The van der Waals surface area contributed by atoms with Crippen LogP contribution in [0.5, 0.6) is 0 Å². The molecule has 0 aliphatic carbocycles. The fourth-order valence-electron chi connectivity index (χ4n) is 2.14. The lowest BCUT2D eigenvalue weighted by atomic mass is 9.88. The van der Waals surface area contributed by atoms with Gasteiger partial charge >= 0.3 is 0 Å². The summed E-state index contributed by atoms with van der Waals surface area (Å²) in [6, 6.07) is 14.3. The smallest absolute Gasteiger partial charge is 0.129 e. The van der Waals surface area contributed by atoms with E-state index in [9.17, 15) is 4.79 Å². The summed E-state index contributed by atoms with van der Waals surface area (Å²) in [6.07, 6.45) is 5.10. The molecule has 18 heavy (non-hydrogen) atoms. The Bertz CT molecular complexity index is 454. The molecule has 1 unspecified atom stereocenters. The van der Waals surface area contributed by atoms with Crippen molar-refractivity contribution >= 4 is 5.78 Å². The van der Waals surface area contributed by atoms with E-state index in [4.69, 9.17) is 0 Å². The summed E-state index contributed by atoms with van der Waals surface area (Å²) in [5.74, 6) is 0.489. The molecule has 1 heterocycles. The second-order valence-corrected chi connectivity index (χ2v) is 4.49. The molecule has 0 N–H and O–H groups in total. The van der Waals surface area contributed by atoms with E-state index in [-0.39, 0.29) is 11.7 Å². The second kappa shape index (κ2) is 6.10. The van der Waals surface area contributed by atoms with Gasteiger partial charge in [0.2, 0.25) is 0 Å². The Kier molecular flexibility index (Phi) is 4.24. The molecule has 1 aromatic carbocycles. The fourth-order valence-corrected chi connectivity index (χ4v) is 2.14. The first-order valence-electron chi connectivity index (χ1n) is 6.21. The zero-order valence-electron chi connectivity index (χ0n) is 10.5. The van der Waals surface area contributed by atoms with Crippen molar-refractivity contribution in [2.75, 3.05) is 0 Å². The van der Waals surface area contributed by atoms with Gasteiger partial charge in [0.15, 0.2) is 0 Å². The van der Waals surface area contributed by atoms with Crippen LogP contribution in [0.1, 0.15) is 36.8 Å². The Morgan fingerprint density at radius 3 is 2.44 bits per heavy atom. The second-order valence-electron chi connectivity index (χ2n) is 4.49. The topological polar surface area (TPSA) is 30.0 Å². The van der Waals surface area contributed by atoms with Gasteiger partial charge in [-0.2, -0.15) is 0 Å².